The topological polar surface area (TPSA) is 63.6 Å². The molecule has 0 atom stereocenters. The highest BCUT2D eigenvalue weighted by Gasteiger charge is 2.06. The summed E-state index contributed by atoms with van der Waals surface area (Å²) < 4.78 is 7.38. The molecule has 1 heterocycles. The van der Waals surface area contributed by atoms with Crippen molar-refractivity contribution in [2.75, 3.05) is 12.4 Å². The third kappa shape index (κ3) is 5.04. The second-order valence-corrected chi connectivity index (χ2v) is 7.28. The van der Waals surface area contributed by atoms with Gasteiger partial charge in [-0.3, -0.25) is 4.79 Å². The van der Waals surface area contributed by atoms with Gasteiger partial charge < -0.3 is 4.74 Å². The summed E-state index contributed by atoms with van der Waals surface area (Å²) >= 11 is 3.00. The molecule has 0 bridgehead atoms. The smallest absolute Gasteiger partial charge is 0.250 e. The molecule has 0 unspecified atom stereocenters. The molecule has 3 aromatic rings. The molecule has 0 saturated heterocycles. The van der Waals surface area contributed by atoms with Crippen molar-refractivity contribution in [1.82, 2.24) is 10.4 Å². The maximum absolute atomic E-state index is 11.9. The molecule has 0 radical (unpaired) electrons. The highest BCUT2D eigenvalue weighted by Crippen LogP contribution is 2.28. The molecular weight excluding hydrogens is 354 g/mol. The number of nitrogens with zero attached hydrogens (tertiary/aromatic N) is 2. The van der Waals surface area contributed by atoms with E-state index in [0.29, 0.717) is 6.61 Å². The van der Waals surface area contributed by atoms with Gasteiger partial charge in [-0.25, -0.2) is 10.4 Å². The number of ether oxygens (including phenoxy) is 1. The minimum Gasteiger partial charge on any atom is -0.494 e. The highest BCUT2D eigenvalue weighted by molar-refractivity contribution is 8.01. The fraction of sp³-hybridized carbons (Fsp3) is 0.167. The molecule has 7 heteroatoms. The van der Waals surface area contributed by atoms with Gasteiger partial charge in [0, 0.05) is 0 Å². The van der Waals surface area contributed by atoms with Gasteiger partial charge in [0.05, 0.1) is 28.8 Å². The number of para-hydroxylation sites is 1. The minimum absolute atomic E-state index is 0.161. The van der Waals surface area contributed by atoms with Crippen molar-refractivity contribution >= 4 is 45.4 Å². The van der Waals surface area contributed by atoms with Crippen LogP contribution in [-0.2, 0) is 4.79 Å². The van der Waals surface area contributed by atoms with Crippen LogP contribution in [0.5, 0.6) is 5.75 Å². The lowest BCUT2D eigenvalue weighted by atomic mass is 10.2. The van der Waals surface area contributed by atoms with E-state index in [9.17, 15) is 4.79 Å². The lowest BCUT2D eigenvalue weighted by Gasteiger charge is -2.02. The van der Waals surface area contributed by atoms with E-state index < -0.39 is 0 Å². The zero-order chi connectivity index (χ0) is 17.5. The zero-order valence-electron chi connectivity index (χ0n) is 13.6. The second-order valence-electron chi connectivity index (χ2n) is 5.03. The highest BCUT2D eigenvalue weighted by atomic mass is 32.2. The Hall–Kier alpha value is -2.38. The van der Waals surface area contributed by atoms with Gasteiger partial charge in [-0.05, 0) is 48.9 Å². The van der Waals surface area contributed by atoms with Crippen molar-refractivity contribution in [1.29, 1.82) is 0 Å². The summed E-state index contributed by atoms with van der Waals surface area (Å²) in [4.78, 5) is 16.4. The van der Waals surface area contributed by atoms with Crippen molar-refractivity contribution in [3.63, 3.8) is 0 Å². The van der Waals surface area contributed by atoms with Crippen LogP contribution < -0.4 is 10.2 Å². The number of fused-ring (bicyclic) bond motifs is 1. The van der Waals surface area contributed by atoms with Crippen LogP contribution in [0, 0.1) is 0 Å². The van der Waals surface area contributed by atoms with Gasteiger partial charge in [0.1, 0.15) is 5.75 Å². The Bertz CT molecular complexity index is 842. The SMILES string of the molecule is CCOc1ccc(C=NNC(=O)CSc2nc3ccccc3s2)cc1. The van der Waals surface area contributed by atoms with Crippen LogP contribution in [0.1, 0.15) is 12.5 Å². The van der Waals surface area contributed by atoms with Crippen molar-refractivity contribution in [3.05, 3.63) is 54.1 Å². The number of nitrogens with one attached hydrogen (secondary N) is 1. The van der Waals surface area contributed by atoms with E-state index >= 15 is 0 Å². The number of amides is 1. The fourth-order valence-electron chi connectivity index (χ4n) is 2.07. The standard InChI is InChI=1S/C18H17N3O2S2/c1-2-23-14-9-7-13(8-10-14)11-19-21-17(22)12-24-18-20-15-5-3-4-6-16(15)25-18/h3-11H,2,12H2,1H3,(H,21,22). The zero-order valence-corrected chi connectivity index (χ0v) is 15.3. The maximum atomic E-state index is 11.9. The molecule has 2 aromatic carbocycles. The quantitative estimate of drug-likeness (QED) is 0.388. The van der Waals surface area contributed by atoms with Gasteiger partial charge in [-0.2, -0.15) is 5.10 Å². The number of carbonyl (C=O) groups is 1. The second kappa shape index (κ2) is 8.64. The number of carbonyl (C=O) groups excluding carboxylic acids is 1. The first-order valence-electron chi connectivity index (χ1n) is 7.78. The Kier molecular flexibility index (Phi) is 6.03. The molecular formula is C18H17N3O2S2. The van der Waals surface area contributed by atoms with E-state index in [-0.39, 0.29) is 11.7 Å². The van der Waals surface area contributed by atoms with Crippen molar-refractivity contribution in [2.24, 2.45) is 5.10 Å². The van der Waals surface area contributed by atoms with Gasteiger partial charge >= 0.3 is 0 Å². The van der Waals surface area contributed by atoms with Crippen molar-refractivity contribution in [3.8, 4) is 5.75 Å². The first-order chi connectivity index (χ1) is 12.2. The number of rotatable bonds is 7. The third-order valence-corrected chi connectivity index (χ3v) is 5.37. The number of benzene rings is 2. The van der Waals surface area contributed by atoms with Gasteiger partial charge in [0.25, 0.3) is 5.91 Å². The van der Waals surface area contributed by atoms with Crippen LogP contribution in [0.4, 0.5) is 0 Å². The van der Waals surface area contributed by atoms with Crippen LogP contribution in [0.15, 0.2) is 58.0 Å². The van der Waals surface area contributed by atoms with Crippen molar-refractivity contribution in [2.45, 2.75) is 11.3 Å². The van der Waals surface area contributed by atoms with E-state index in [1.165, 1.54) is 11.8 Å². The summed E-state index contributed by atoms with van der Waals surface area (Å²) in [5.41, 5.74) is 4.38. The van der Waals surface area contributed by atoms with Gasteiger partial charge in [-0.1, -0.05) is 23.9 Å². The lowest BCUT2D eigenvalue weighted by molar-refractivity contribution is -0.118. The van der Waals surface area contributed by atoms with E-state index in [0.717, 1.165) is 25.9 Å². The van der Waals surface area contributed by atoms with E-state index in [1.54, 1.807) is 17.6 Å². The summed E-state index contributed by atoms with van der Waals surface area (Å²) in [6.45, 7) is 2.58. The predicted molar refractivity (Wildman–Crippen MR) is 104 cm³/mol. The van der Waals surface area contributed by atoms with Crippen LogP contribution >= 0.6 is 23.1 Å². The molecule has 0 aliphatic carbocycles. The molecule has 3 rings (SSSR count). The van der Waals surface area contributed by atoms with Crippen LogP contribution in [0.3, 0.4) is 0 Å². The van der Waals surface area contributed by atoms with Gasteiger partial charge in [0.15, 0.2) is 4.34 Å². The first kappa shape index (κ1) is 17.4. The average Bonchev–Trinajstić information content (AvgIpc) is 3.05. The molecule has 1 aromatic heterocycles. The minimum atomic E-state index is -0.161. The summed E-state index contributed by atoms with van der Waals surface area (Å²) in [7, 11) is 0. The molecule has 0 aliphatic heterocycles. The third-order valence-electron chi connectivity index (χ3n) is 3.19. The molecule has 0 saturated carbocycles. The van der Waals surface area contributed by atoms with Crippen LogP contribution in [0.25, 0.3) is 10.2 Å². The first-order valence-corrected chi connectivity index (χ1v) is 9.58. The van der Waals surface area contributed by atoms with E-state index in [2.05, 4.69) is 15.5 Å². The largest absolute Gasteiger partial charge is 0.494 e. The number of hydrazone groups is 1. The molecule has 5 nitrogen and oxygen atoms in total. The molecule has 1 amide bonds. The predicted octanol–water partition coefficient (Wildman–Crippen LogP) is 3.94. The normalized spacial score (nSPS) is 11.1. The fourth-order valence-corrected chi connectivity index (χ4v) is 3.93. The van der Waals surface area contributed by atoms with Gasteiger partial charge in [0.2, 0.25) is 0 Å². The number of aromatic nitrogens is 1. The Morgan fingerprint density at radius 1 is 1.28 bits per heavy atom. The maximum Gasteiger partial charge on any atom is 0.250 e. The molecule has 128 valence electrons. The number of thioether (sulfide) groups is 1. The average molecular weight is 371 g/mol. The molecule has 0 aliphatic rings. The summed E-state index contributed by atoms with van der Waals surface area (Å²) in [6.07, 6.45) is 1.61. The Morgan fingerprint density at radius 2 is 2.08 bits per heavy atom. The number of hydrogen-bond donors (Lipinski definition) is 1. The molecule has 25 heavy (non-hydrogen) atoms. The monoisotopic (exact) mass is 371 g/mol. The summed E-state index contributed by atoms with van der Waals surface area (Å²) in [5, 5.41) is 3.98. The van der Waals surface area contributed by atoms with Crippen LogP contribution in [-0.4, -0.2) is 29.5 Å². The number of hydrogen-bond acceptors (Lipinski definition) is 6. The van der Waals surface area contributed by atoms with Crippen molar-refractivity contribution < 1.29 is 9.53 Å². The Labute approximate surface area is 154 Å². The Morgan fingerprint density at radius 3 is 2.84 bits per heavy atom. The Balaban J connectivity index is 1.47. The number of thiazole rings is 1. The van der Waals surface area contributed by atoms with E-state index in [1.807, 2.05) is 55.5 Å². The molecule has 0 fully saturated rings. The van der Waals surface area contributed by atoms with Gasteiger partial charge in [-0.15, -0.1) is 11.3 Å². The van der Waals surface area contributed by atoms with E-state index in [4.69, 9.17) is 4.74 Å². The lowest BCUT2D eigenvalue weighted by Crippen LogP contribution is -2.19. The molecule has 0 spiro atoms. The summed E-state index contributed by atoms with van der Waals surface area (Å²) in [5.74, 6) is 0.933. The molecule has 1 N–H and O–H groups in total. The summed E-state index contributed by atoms with van der Waals surface area (Å²) in [6, 6.07) is 15.4. The van der Waals surface area contributed by atoms with Crippen LogP contribution in [0.2, 0.25) is 0 Å².